The van der Waals surface area contributed by atoms with Crippen molar-refractivity contribution in [2.24, 2.45) is 5.73 Å². The van der Waals surface area contributed by atoms with Gasteiger partial charge in [-0.1, -0.05) is 23.2 Å². The number of aromatic nitrogens is 3. The van der Waals surface area contributed by atoms with E-state index in [9.17, 15) is 9.59 Å². The molecule has 5 rings (SSSR count). The van der Waals surface area contributed by atoms with Crippen molar-refractivity contribution in [1.82, 2.24) is 19.7 Å². The molecule has 2 aromatic carbocycles. The van der Waals surface area contributed by atoms with Crippen molar-refractivity contribution in [1.29, 1.82) is 0 Å². The van der Waals surface area contributed by atoms with Crippen LogP contribution in [0.5, 0.6) is 5.75 Å². The number of nitrogens with two attached hydrogens (primary N) is 1. The highest BCUT2D eigenvalue weighted by molar-refractivity contribution is 6.34. The summed E-state index contributed by atoms with van der Waals surface area (Å²) in [5.74, 6) is -0.0605. The topological polar surface area (TPSA) is 103 Å². The van der Waals surface area contributed by atoms with Gasteiger partial charge in [-0.3, -0.25) is 14.6 Å². The molecular weight excluding hydrogens is 537 g/mol. The highest BCUT2D eigenvalue weighted by atomic mass is 35.5. The van der Waals surface area contributed by atoms with Gasteiger partial charge in [0, 0.05) is 57.8 Å². The van der Waals surface area contributed by atoms with E-state index in [4.69, 9.17) is 38.8 Å². The van der Waals surface area contributed by atoms with Crippen LogP contribution < -0.4 is 10.5 Å². The molecular formula is C29H27Cl2N5O3. The lowest BCUT2D eigenvalue weighted by atomic mass is 9.86. The average molecular weight is 564 g/mol. The first-order chi connectivity index (χ1) is 18.7. The number of hydrogen-bond donors (Lipinski definition) is 1. The smallest absolute Gasteiger partial charge is 0.274 e. The summed E-state index contributed by atoms with van der Waals surface area (Å²) in [6, 6.07) is 10.9. The zero-order valence-electron chi connectivity index (χ0n) is 21.8. The Labute approximate surface area is 236 Å². The molecule has 0 saturated heterocycles. The van der Waals surface area contributed by atoms with Crippen LogP contribution in [0.4, 0.5) is 0 Å². The summed E-state index contributed by atoms with van der Waals surface area (Å²) in [5.41, 5.74) is 11.8. The van der Waals surface area contributed by atoms with E-state index >= 15 is 0 Å². The fraction of sp³-hybridized carbons (Fsp3) is 0.241. The van der Waals surface area contributed by atoms with Crippen molar-refractivity contribution >= 4 is 35.0 Å². The summed E-state index contributed by atoms with van der Waals surface area (Å²) in [6.07, 6.45) is 4.40. The van der Waals surface area contributed by atoms with Crippen molar-refractivity contribution in [3.63, 3.8) is 0 Å². The third-order valence-electron chi connectivity index (χ3n) is 6.99. The minimum atomic E-state index is -0.570. The van der Waals surface area contributed by atoms with Crippen LogP contribution in [-0.2, 0) is 12.8 Å². The zero-order valence-corrected chi connectivity index (χ0v) is 23.3. The highest BCUT2D eigenvalue weighted by Gasteiger charge is 2.31. The number of benzene rings is 2. The van der Waals surface area contributed by atoms with Crippen LogP contribution in [0.1, 0.15) is 45.8 Å². The highest BCUT2D eigenvalue weighted by Crippen LogP contribution is 2.43. The number of aryl methyl sites for hydroxylation is 1. The van der Waals surface area contributed by atoms with Gasteiger partial charge >= 0.3 is 0 Å². The van der Waals surface area contributed by atoms with E-state index in [0.29, 0.717) is 64.2 Å². The van der Waals surface area contributed by atoms with Crippen LogP contribution in [0.25, 0.3) is 28.1 Å². The summed E-state index contributed by atoms with van der Waals surface area (Å²) in [4.78, 5) is 31.4. The predicted molar refractivity (Wildman–Crippen MR) is 152 cm³/mol. The number of halogens is 2. The van der Waals surface area contributed by atoms with Crippen molar-refractivity contribution in [3.8, 4) is 33.8 Å². The number of rotatable bonds is 7. The molecule has 2 amide bonds. The largest absolute Gasteiger partial charge is 0.496 e. The van der Waals surface area contributed by atoms with Gasteiger partial charge in [-0.25, -0.2) is 4.68 Å². The molecule has 1 aliphatic rings. The van der Waals surface area contributed by atoms with Crippen LogP contribution in [0.3, 0.4) is 0 Å². The quantitative estimate of drug-likeness (QED) is 0.315. The Morgan fingerprint density at radius 1 is 1.00 bits per heavy atom. The monoisotopic (exact) mass is 563 g/mol. The van der Waals surface area contributed by atoms with Gasteiger partial charge in [-0.2, -0.15) is 5.10 Å². The second kappa shape index (κ2) is 10.7. The SMILES string of the molecule is CCN(CC)C(=O)c1nn(-c2cc(Cl)cc(Cl)c2)c2c1CCc1cc(OC)c(-c3cncc(C(N)=O)c3)cc1-2. The third kappa shape index (κ3) is 4.86. The molecule has 0 unspecified atom stereocenters. The molecule has 39 heavy (non-hydrogen) atoms. The Morgan fingerprint density at radius 2 is 1.72 bits per heavy atom. The lowest BCUT2D eigenvalue weighted by molar-refractivity contribution is 0.0765. The Bertz CT molecular complexity index is 1590. The number of hydrogen-bond acceptors (Lipinski definition) is 5. The lowest BCUT2D eigenvalue weighted by Gasteiger charge is -2.22. The summed E-state index contributed by atoms with van der Waals surface area (Å²) >= 11 is 12.7. The lowest BCUT2D eigenvalue weighted by Crippen LogP contribution is -2.31. The molecule has 0 bridgehead atoms. The first-order valence-corrected chi connectivity index (χ1v) is 13.3. The molecule has 8 nitrogen and oxygen atoms in total. The molecule has 4 aromatic rings. The maximum atomic E-state index is 13.6. The number of ether oxygens (including phenoxy) is 1. The summed E-state index contributed by atoms with van der Waals surface area (Å²) in [7, 11) is 1.60. The van der Waals surface area contributed by atoms with Gasteiger partial charge in [0.25, 0.3) is 5.91 Å². The molecule has 0 spiro atoms. The zero-order chi connectivity index (χ0) is 27.8. The first kappa shape index (κ1) is 26.7. The van der Waals surface area contributed by atoms with Gasteiger partial charge in [-0.15, -0.1) is 0 Å². The van der Waals surface area contributed by atoms with Gasteiger partial charge in [0.2, 0.25) is 5.91 Å². The summed E-state index contributed by atoms with van der Waals surface area (Å²) in [6.45, 7) is 5.04. The van der Waals surface area contributed by atoms with Crippen molar-refractivity contribution in [2.75, 3.05) is 20.2 Å². The van der Waals surface area contributed by atoms with Gasteiger partial charge in [-0.05, 0) is 68.7 Å². The molecule has 10 heteroatoms. The van der Waals surface area contributed by atoms with Gasteiger partial charge < -0.3 is 15.4 Å². The van der Waals surface area contributed by atoms with Gasteiger partial charge in [0.15, 0.2) is 5.69 Å². The molecule has 1 aliphatic carbocycles. The first-order valence-electron chi connectivity index (χ1n) is 12.6. The van der Waals surface area contributed by atoms with Gasteiger partial charge in [0.05, 0.1) is 24.1 Å². The van der Waals surface area contributed by atoms with E-state index in [1.807, 2.05) is 26.0 Å². The second-order valence-electron chi connectivity index (χ2n) is 9.23. The van der Waals surface area contributed by atoms with Crippen LogP contribution in [0.15, 0.2) is 48.8 Å². The van der Waals surface area contributed by atoms with Crippen LogP contribution in [-0.4, -0.2) is 51.7 Å². The molecule has 0 fully saturated rings. The van der Waals surface area contributed by atoms with Crippen LogP contribution in [0, 0.1) is 0 Å². The Kier molecular flexibility index (Phi) is 7.34. The summed E-state index contributed by atoms with van der Waals surface area (Å²) in [5, 5.41) is 5.76. The van der Waals surface area contributed by atoms with Crippen molar-refractivity contribution in [2.45, 2.75) is 26.7 Å². The Morgan fingerprint density at radius 3 is 2.36 bits per heavy atom. The minimum Gasteiger partial charge on any atom is -0.496 e. The number of amides is 2. The van der Waals surface area contributed by atoms with E-state index in [1.165, 1.54) is 6.20 Å². The number of nitrogens with zero attached hydrogens (tertiary/aromatic N) is 4. The van der Waals surface area contributed by atoms with Crippen LogP contribution in [0.2, 0.25) is 10.0 Å². The van der Waals surface area contributed by atoms with E-state index < -0.39 is 5.91 Å². The fourth-order valence-electron chi connectivity index (χ4n) is 5.07. The maximum absolute atomic E-state index is 13.6. The van der Waals surface area contributed by atoms with E-state index in [1.54, 1.807) is 47.2 Å². The third-order valence-corrected chi connectivity index (χ3v) is 7.42. The molecule has 2 aromatic heterocycles. The average Bonchev–Trinajstić information content (AvgIpc) is 3.32. The van der Waals surface area contributed by atoms with E-state index in [2.05, 4.69) is 4.98 Å². The molecule has 0 radical (unpaired) electrons. The molecule has 2 N–H and O–H groups in total. The summed E-state index contributed by atoms with van der Waals surface area (Å²) < 4.78 is 7.49. The van der Waals surface area contributed by atoms with Crippen molar-refractivity contribution in [3.05, 3.63) is 81.2 Å². The Balaban J connectivity index is 1.79. The number of carbonyl (C=O) groups excluding carboxylic acids is 2. The molecule has 2 heterocycles. The number of methoxy groups -OCH3 is 1. The Hall–Kier alpha value is -3.88. The molecule has 0 aliphatic heterocycles. The maximum Gasteiger partial charge on any atom is 0.274 e. The number of pyridine rings is 1. The molecule has 0 atom stereocenters. The van der Waals surface area contributed by atoms with Crippen molar-refractivity contribution < 1.29 is 14.3 Å². The second-order valence-corrected chi connectivity index (χ2v) is 10.1. The fourth-order valence-corrected chi connectivity index (χ4v) is 5.58. The number of primary amides is 1. The minimum absolute atomic E-state index is 0.126. The normalized spacial score (nSPS) is 12.0. The van der Waals surface area contributed by atoms with E-state index in [0.717, 1.165) is 27.9 Å². The van der Waals surface area contributed by atoms with Crippen LogP contribution >= 0.6 is 23.2 Å². The number of fused-ring (bicyclic) bond motifs is 3. The van der Waals surface area contributed by atoms with Gasteiger partial charge in [0.1, 0.15) is 5.75 Å². The predicted octanol–water partition coefficient (Wildman–Crippen LogP) is 5.60. The molecule has 200 valence electrons. The molecule has 0 saturated carbocycles. The number of carbonyl (C=O) groups is 2. The van der Waals surface area contributed by atoms with E-state index in [-0.39, 0.29) is 5.91 Å². The standard InChI is InChI=1S/C29H27Cl2N5O3/c1-4-35(5-2)29(38)26-22-7-6-16-9-25(39-3)23(17-8-18(28(32)37)15-33-14-17)13-24(16)27(22)36(34-26)21-11-19(30)10-20(31)12-21/h8-15H,4-7H2,1-3H3,(H2,32,37).